The number of anilines is 1. The average Bonchev–Trinajstić information content (AvgIpc) is 3.38. The quantitative estimate of drug-likeness (QED) is 0.543. The maximum absolute atomic E-state index is 5.50. The molecule has 0 radical (unpaired) electrons. The Hall–Kier alpha value is -2.39. The predicted molar refractivity (Wildman–Crippen MR) is 111 cm³/mol. The van der Waals surface area contributed by atoms with Gasteiger partial charge in [-0.15, -0.1) is 10.2 Å². The first-order valence-corrected chi connectivity index (χ1v) is 10.8. The van der Waals surface area contributed by atoms with Crippen molar-refractivity contribution in [3.63, 3.8) is 0 Å². The van der Waals surface area contributed by atoms with Crippen LogP contribution >= 0.6 is 11.8 Å². The van der Waals surface area contributed by atoms with Crippen LogP contribution in [0.2, 0.25) is 0 Å². The fourth-order valence-electron chi connectivity index (χ4n) is 3.13. The molecule has 0 amide bonds. The Labute approximate surface area is 174 Å². The second-order valence-corrected chi connectivity index (χ2v) is 8.67. The summed E-state index contributed by atoms with van der Waals surface area (Å²) in [7, 11) is 0. The maximum Gasteiger partial charge on any atom is 0.239 e. The van der Waals surface area contributed by atoms with Crippen LogP contribution in [-0.2, 0) is 11.3 Å². The number of nitrogens with zero attached hydrogens (tertiary/aromatic N) is 6. The third-order valence-corrected chi connectivity index (χ3v) is 5.85. The Morgan fingerprint density at radius 1 is 1.07 bits per heavy atom. The molecule has 8 nitrogen and oxygen atoms in total. The van der Waals surface area contributed by atoms with Gasteiger partial charge in [-0.25, -0.2) is 0 Å². The number of hydrogen-bond donors (Lipinski definition) is 0. The molecule has 9 heteroatoms. The highest BCUT2D eigenvalue weighted by atomic mass is 32.2. The van der Waals surface area contributed by atoms with E-state index in [0.717, 1.165) is 30.0 Å². The summed E-state index contributed by atoms with van der Waals surface area (Å²) in [4.78, 5) is 6.77. The lowest BCUT2D eigenvalue weighted by Gasteiger charge is -2.28. The van der Waals surface area contributed by atoms with Gasteiger partial charge in [0.25, 0.3) is 0 Å². The molecule has 1 unspecified atom stereocenters. The van der Waals surface area contributed by atoms with E-state index < -0.39 is 0 Å². The molecule has 1 fully saturated rings. The van der Waals surface area contributed by atoms with E-state index in [1.165, 1.54) is 5.56 Å². The van der Waals surface area contributed by atoms with E-state index >= 15 is 0 Å². The number of benzene rings is 1. The van der Waals surface area contributed by atoms with Crippen molar-refractivity contribution < 1.29 is 9.26 Å². The summed E-state index contributed by atoms with van der Waals surface area (Å²) in [6, 6.07) is 10.4. The Balaban J connectivity index is 1.60. The number of thioether (sulfide) groups is 1. The normalized spacial score (nSPS) is 15.8. The van der Waals surface area contributed by atoms with Gasteiger partial charge in [-0.3, -0.25) is 4.57 Å². The van der Waals surface area contributed by atoms with Gasteiger partial charge in [0.15, 0.2) is 11.0 Å². The van der Waals surface area contributed by atoms with Gasteiger partial charge < -0.3 is 14.2 Å². The topological polar surface area (TPSA) is 82.1 Å². The summed E-state index contributed by atoms with van der Waals surface area (Å²) in [5, 5.41) is 13.9. The zero-order valence-electron chi connectivity index (χ0n) is 17.0. The lowest BCUT2D eigenvalue weighted by molar-refractivity contribution is 0.121. The summed E-state index contributed by atoms with van der Waals surface area (Å²) in [6.45, 7) is 9.90. The van der Waals surface area contributed by atoms with Crippen molar-refractivity contribution in [2.45, 2.75) is 43.6 Å². The molecule has 1 saturated heterocycles. The minimum atomic E-state index is -0.0220. The zero-order chi connectivity index (χ0) is 20.2. The summed E-state index contributed by atoms with van der Waals surface area (Å²) in [5.74, 6) is 2.45. The summed E-state index contributed by atoms with van der Waals surface area (Å²) < 4.78 is 13.1. The minimum Gasteiger partial charge on any atom is -0.378 e. The monoisotopic (exact) mass is 414 g/mol. The van der Waals surface area contributed by atoms with Crippen molar-refractivity contribution in [1.29, 1.82) is 0 Å². The predicted octanol–water partition coefficient (Wildman–Crippen LogP) is 3.52. The first kappa shape index (κ1) is 19.9. The molecule has 4 rings (SSSR count). The molecular formula is C20H26N6O2S. The number of rotatable bonds is 7. The van der Waals surface area contributed by atoms with Crippen LogP contribution in [-0.4, -0.2) is 51.2 Å². The third-order valence-electron chi connectivity index (χ3n) is 4.78. The van der Waals surface area contributed by atoms with E-state index in [2.05, 4.69) is 74.8 Å². The number of ether oxygens (including phenoxy) is 1. The highest BCUT2D eigenvalue weighted by Gasteiger charge is 2.24. The fraction of sp³-hybridized carbons (Fsp3) is 0.500. The molecule has 0 aliphatic carbocycles. The van der Waals surface area contributed by atoms with Crippen molar-refractivity contribution in [1.82, 2.24) is 24.9 Å². The molecule has 1 aromatic carbocycles. The van der Waals surface area contributed by atoms with Crippen molar-refractivity contribution >= 4 is 17.7 Å². The van der Waals surface area contributed by atoms with Gasteiger partial charge >= 0.3 is 0 Å². The van der Waals surface area contributed by atoms with Gasteiger partial charge in [-0.2, -0.15) is 4.98 Å². The lowest BCUT2D eigenvalue weighted by Crippen LogP contribution is -2.38. The molecule has 1 atom stereocenters. The Morgan fingerprint density at radius 2 is 1.83 bits per heavy atom. The summed E-state index contributed by atoms with van der Waals surface area (Å²) in [6.07, 6.45) is 0. The van der Waals surface area contributed by atoms with E-state index in [0.29, 0.717) is 25.6 Å². The average molecular weight is 415 g/mol. The van der Waals surface area contributed by atoms with Crippen LogP contribution in [0.15, 0.2) is 40.0 Å². The summed E-state index contributed by atoms with van der Waals surface area (Å²) in [5.41, 5.74) is 1.20. The van der Waals surface area contributed by atoms with E-state index in [4.69, 9.17) is 9.26 Å². The minimum absolute atomic E-state index is 0.0220. The van der Waals surface area contributed by atoms with E-state index in [1.54, 1.807) is 11.8 Å². The Bertz CT molecular complexity index is 920. The first-order chi connectivity index (χ1) is 14.1. The van der Waals surface area contributed by atoms with Gasteiger partial charge in [0.2, 0.25) is 11.8 Å². The molecule has 3 aromatic rings. The molecular weight excluding hydrogens is 388 g/mol. The SMILES string of the molecule is CC(C)c1noc(C(C)Sc2nnc(N3CCOCC3)n2Cc2ccccc2)n1. The van der Waals surface area contributed by atoms with Crippen molar-refractivity contribution in [3.05, 3.63) is 47.6 Å². The molecule has 29 heavy (non-hydrogen) atoms. The molecule has 0 spiro atoms. The molecule has 1 aliphatic rings. The van der Waals surface area contributed by atoms with Crippen LogP contribution in [0.25, 0.3) is 0 Å². The number of morpholine rings is 1. The van der Waals surface area contributed by atoms with Gasteiger partial charge in [0.1, 0.15) is 0 Å². The third kappa shape index (κ3) is 4.62. The largest absolute Gasteiger partial charge is 0.378 e. The Kier molecular flexibility index (Phi) is 6.15. The van der Waals surface area contributed by atoms with Crippen molar-refractivity contribution in [2.24, 2.45) is 0 Å². The standard InChI is InChI=1S/C20H26N6O2S/c1-14(2)17-21-18(28-24-17)15(3)29-20-23-22-19(25-9-11-27-12-10-25)26(20)13-16-7-5-4-6-8-16/h4-8,14-15H,9-13H2,1-3H3. The van der Waals surface area contributed by atoms with E-state index in [-0.39, 0.29) is 11.2 Å². The molecule has 0 bridgehead atoms. The number of hydrogen-bond acceptors (Lipinski definition) is 8. The molecule has 0 N–H and O–H groups in total. The molecule has 154 valence electrons. The van der Waals surface area contributed by atoms with Crippen LogP contribution in [0.1, 0.15) is 49.2 Å². The lowest BCUT2D eigenvalue weighted by atomic mass is 10.2. The van der Waals surface area contributed by atoms with Crippen molar-refractivity contribution in [2.75, 3.05) is 31.2 Å². The van der Waals surface area contributed by atoms with Crippen LogP contribution in [0.5, 0.6) is 0 Å². The first-order valence-electron chi connectivity index (χ1n) is 9.92. The highest BCUT2D eigenvalue weighted by molar-refractivity contribution is 7.99. The van der Waals surface area contributed by atoms with E-state index in [1.807, 2.05) is 6.07 Å². The van der Waals surface area contributed by atoms with E-state index in [9.17, 15) is 0 Å². The molecule has 2 aromatic heterocycles. The van der Waals surface area contributed by atoms with Crippen LogP contribution in [0.4, 0.5) is 5.95 Å². The van der Waals surface area contributed by atoms with Crippen LogP contribution < -0.4 is 4.90 Å². The molecule has 0 saturated carbocycles. The number of aromatic nitrogens is 5. The van der Waals surface area contributed by atoms with Gasteiger partial charge in [-0.1, -0.05) is 61.1 Å². The van der Waals surface area contributed by atoms with Gasteiger partial charge in [-0.05, 0) is 12.5 Å². The van der Waals surface area contributed by atoms with Crippen LogP contribution in [0, 0.1) is 0 Å². The smallest absolute Gasteiger partial charge is 0.239 e. The van der Waals surface area contributed by atoms with Crippen molar-refractivity contribution in [3.8, 4) is 0 Å². The second kappa shape index (κ2) is 8.96. The maximum atomic E-state index is 5.50. The Morgan fingerprint density at radius 3 is 2.52 bits per heavy atom. The molecule has 3 heterocycles. The summed E-state index contributed by atoms with van der Waals surface area (Å²) >= 11 is 1.59. The van der Waals surface area contributed by atoms with Gasteiger partial charge in [0, 0.05) is 19.0 Å². The van der Waals surface area contributed by atoms with Crippen LogP contribution in [0.3, 0.4) is 0 Å². The second-order valence-electron chi connectivity index (χ2n) is 7.36. The zero-order valence-corrected chi connectivity index (χ0v) is 17.8. The van der Waals surface area contributed by atoms with Gasteiger partial charge in [0.05, 0.1) is 25.0 Å². The molecule has 1 aliphatic heterocycles. The fourth-order valence-corrected chi connectivity index (χ4v) is 4.00. The highest BCUT2D eigenvalue weighted by Crippen LogP contribution is 2.35.